The summed E-state index contributed by atoms with van der Waals surface area (Å²) in [5.41, 5.74) is -0.526. The van der Waals surface area contributed by atoms with Crippen molar-refractivity contribution in [2.45, 2.75) is 0 Å². The van der Waals surface area contributed by atoms with Crippen LogP contribution in [-0.2, 0) is 0 Å². The molecule has 156 valence electrons. The van der Waals surface area contributed by atoms with E-state index in [2.05, 4.69) is 5.32 Å². The van der Waals surface area contributed by atoms with E-state index in [4.69, 9.17) is 4.74 Å². The van der Waals surface area contributed by atoms with E-state index >= 15 is 4.39 Å². The molecule has 0 aliphatic carbocycles. The normalized spacial score (nSPS) is 14.2. The van der Waals surface area contributed by atoms with Gasteiger partial charge in [-0.3, -0.25) is 4.79 Å². The van der Waals surface area contributed by atoms with E-state index in [-0.39, 0.29) is 22.3 Å². The maximum Gasteiger partial charge on any atom is 0.341 e. The number of carbonyl (C=O) groups is 1. The smallest absolute Gasteiger partial charge is 0.341 e. The third kappa shape index (κ3) is 3.26. The summed E-state index contributed by atoms with van der Waals surface area (Å²) in [6, 6.07) is 6.36. The zero-order chi connectivity index (χ0) is 21.4. The first kappa shape index (κ1) is 19.8. The Labute approximate surface area is 170 Å². The third-order valence-electron chi connectivity index (χ3n) is 5.14. The average Bonchev–Trinajstić information content (AvgIpc) is 2.74. The van der Waals surface area contributed by atoms with E-state index in [1.807, 2.05) is 4.90 Å². The standard InChI is InChI=1S/C21H19F2N3O4/c1-30-20-17-14(10-16(23)18(20)25-8-6-24-7-9-25)19(27)15(21(28)29)11-26(17)13-4-2-12(22)3-5-13/h2-5,10-11,24H,6-9H2,1H3,(H,28,29). The van der Waals surface area contributed by atoms with Crippen molar-refractivity contribution in [2.75, 3.05) is 38.2 Å². The lowest BCUT2D eigenvalue weighted by Crippen LogP contribution is -2.44. The van der Waals surface area contributed by atoms with Gasteiger partial charge in [-0.25, -0.2) is 13.6 Å². The molecule has 1 fully saturated rings. The molecule has 1 aliphatic heterocycles. The van der Waals surface area contributed by atoms with Gasteiger partial charge in [0, 0.05) is 38.1 Å². The second-order valence-corrected chi connectivity index (χ2v) is 6.90. The van der Waals surface area contributed by atoms with Crippen molar-refractivity contribution in [3.8, 4) is 11.4 Å². The maximum atomic E-state index is 15.2. The van der Waals surface area contributed by atoms with Crippen LogP contribution in [0.15, 0.2) is 41.3 Å². The van der Waals surface area contributed by atoms with Gasteiger partial charge < -0.3 is 24.6 Å². The lowest BCUT2D eigenvalue weighted by Gasteiger charge is -2.31. The third-order valence-corrected chi connectivity index (χ3v) is 5.14. The summed E-state index contributed by atoms with van der Waals surface area (Å²) in [5.74, 6) is -2.47. The van der Waals surface area contributed by atoms with Gasteiger partial charge in [0.25, 0.3) is 0 Å². The number of aromatic carboxylic acids is 1. The van der Waals surface area contributed by atoms with Crippen molar-refractivity contribution < 1.29 is 23.4 Å². The topological polar surface area (TPSA) is 83.8 Å². The average molecular weight is 415 g/mol. The van der Waals surface area contributed by atoms with Crippen LogP contribution in [0.3, 0.4) is 0 Å². The van der Waals surface area contributed by atoms with Gasteiger partial charge in [-0.1, -0.05) is 0 Å². The van der Waals surface area contributed by atoms with E-state index in [0.29, 0.717) is 31.9 Å². The minimum atomic E-state index is -1.44. The van der Waals surface area contributed by atoms with Gasteiger partial charge in [-0.15, -0.1) is 0 Å². The molecule has 1 saturated heterocycles. The largest absolute Gasteiger partial charge is 0.492 e. The lowest BCUT2D eigenvalue weighted by molar-refractivity contribution is 0.0695. The molecule has 1 aliphatic rings. The highest BCUT2D eigenvalue weighted by atomic mass is 19.1. The molecule has 0 bridgehead atoms. The number of piperazine rings is 1. The van der Waals surface area contributed by atoms with E-state index in [1.54, 1.807) is 0 Å². The first-order valence-electron chi connectivity index (χ1n) is 9.33. The van der Waals surface area contributed by atoms with Crippen molar-refractivity contribution in [3.05, 3.63) is 63.9 Å². The van der Waals surface area contributed by atoms with Crippen LogP contribution in [0.4, 0.5) is 14.5 Å². The number of halogens is 2. The number of carboxylic acids is 1. The van der Waals surface area contributed by atoms with Crippen LogP contribution in [0.2, 0.25) is 0 Å². The molecule has 0 atom stereocenters. The number of rotatable bonds is 4. The Balaban J connectivity index is 2.12. The fourth-order valence-electron chi connectivity index (χ4n) is 3.75. The van der Waals surface area contributed by atoms with Crippen LogP contribution in [0.1, 0.15) is 10.4 Å². The highest BCUT2D eigenvalue weighted by molar-refractivity contribution is 5.97. The Morgan fingerprint density at radius 3 is 2.43 bits per heavy atom. The van der Waals surface area contributed by atoms with Crippen molar-refractivity contribution in [1.82, 2.24) is 9.88 Å². The Morgan fingerprint density at radius 1 is 1.17 bits per heavy atom. The second kappa shape index (κ2) is 7.75. The minimum absolute atomic E-state index is 0.116. The van der Waals surface area contributed by atoms with E-state index in [1.165, 1.54) is 35.9 Å². The Bertz CT molecular complexity index is 1190. The Hall–Kier alpha value is -3.46. The number of nitrogens with one attached hydrogen (secondary N) is 1. The quantitative estimate of drug-likeness (QED) is 0.681. The van der Waals surface area contributed by atoms with Gasteiger partial charge in [0.15, 0.2) is 11.6 Å². The van der Waals surface area contributed by atoms with Crippen LogP contribution in [0.5, 0.6) is 5.75 Å². The minimum Gasteiger partial charge on any atom is -0.492 e. The Kier molecular flexibility index (Phi) is 5.13. The molecule has 9 heteroatoms. The maximum absolute atomic E-state index is 15.2. The molecule has 30 heavy (non-hydrogen) atoms. The predicted molar refractivity (Wildman–Crippen MR) is 108 cm³/mol. The molecule has 2 heterocycles. The fraction of sp³-hybridized carbons (Fsp3) is 0.238. The highest BCUT2D eigenvalue weighted by Gasteiger charge is 2.26. The SMILES string of the molecule is COc1c(N2CCNCC2)c(F)cc2c(=O)c(C(=O)O)cn(-c3ccc(F)cc3)c12. The first-order chi connectivity index (χ1) is 14.4. The van der Waals surface area contributed by atoms with Crippen molar-refractivity contribution in [3.63, 3.8) is 0 Å². The van der Waals surface area contributed by atoms with Crippen molar-refractivity contribution in [1.29, 1.82) is 0 Å². The van der Waals surface area contributed by atoms with E-state index < -0.39 is 28.6 Å². The van der Waals surface area contributed by atoms with Crippen LogP contribution >= 0.6 is 0 Å². The number of aromatic nitrogens is 1. The summed E-state index contributed by atoms with van der Waals surface area (Å²) in [5, 5.41) is 12.5. The van der Waals surface area contributed by atoms with E-state index in [9.17, 15) is 19.1 Å². The molecule has 2 aromatic carbocycles. The number of carboxylic acid groups (broad SMARTS) is 1. The number of anilines is 1. The Morgan fingerprint density at radius 2 is 1.83 bits per heavy atom. The fourth-order valence-corrected chi connectivity index (χ4v) is 3.75. The number of methoxy groups -OCH3 is 1. The summed E-state index contributed by atoms with van der Waals surface area (Å²) in [6.07, 6.45) is 1.15. The molecule has 1 aromatic heterocycles. The molecule has 4 rings (SSSR count). The molecular formula is C21H19F2N3O4. The molecule has 0 spiro atoms. The van der Waals surface area contributed by atoms with Gasteiger partial charge >= 0.3 is 5.97 Å². The van der Waals surface area contributed by atoms with Gasteiger partial charge in [-0.05, 0) is 30.3 Å². The first-order valence-corrected chi connectivity index (χ1v) is 9.33. The molecule has 3 aromatic rings. The molecule has 7 nitrogen and oxygen atoms in total. The summed E-state index contributed by atoms with van der Waals surface area (Å²) in [6.45, 7) is 2.38. The molecule has 0 unspecified atom stereocenters. The predicted octanol–water partition coefficient (Wildman–Crippen LogP) is 2.39. The van der Waals surface area contributed by atoms with Crippen LogP contribution in [0.25, 0.3) is 16.6 Å². The molecule has 0 radical (unpaired) electrons. The van der Waals surface area contributed by atoms with Crippen LogP contribution in [0, 0.1) is 11.6 Å². The summed E-state index contributed by atoms with van der Waals surface area (Å²) in [7, 11) is 1.37. The summed E-state index contributed by atoms with van der Waals surface area (Å²) < 4.78 is 35.6. The number of hydrogen-bond donors (Lipinski definition) is 2. The number of hydrogen-bond acceptors (Lipinski definition) is 5. The molecule has 0 saturated carbocycles. The van der Waals surface area contributed by atoms with E-state index in [0.717, 1.165) is 12.3 Å². The van der Waals surface area contributed by atoms with Gasteiger partial charge in [0.2, 0.25) is 5.43 Å². The van der Waals surface area contributed by atoms with Crippen LogP contribution < -0.4 is 20.4 Å². The molecule has 0 amide bonds. The zero-order valence-corrected chi connectivity index (χ0v) is 16.1. The number of nitrogens with zero attached hydrogens (tertiary/aromatic N) is 2. The van der Waals surface area contributed by atoms with Gasteiger partial charge in [0.1, 0.15) is 22.6 Å². The highest BCUT2D eigenvalue weighted by Crippen LogP contribution is 2.39. The van der Waals surface area contributed by atoms with Gasteiger partial charge in [0.05, 0.1) is 12.5 Å². The number of fused-ring (bicyclic) bond motifs is 1. The van der Waals surface area contributed by atoms with Crippen molar-refractivity contribution in [2.24, 2.45) is 0 Å². The molecular weight excluding hydrogens is 396 g/mol. The van der Waals surface area contributed by atoms with Crippen LogP contribution in [-0.4, -0.2) is 48.9 Å². The zero-order valence-electron chi connectivity index (χ0n) is 16.1. The summed E-state index contributed by atoms with van der Waals surface area (Å²) >= 11 is 0. The summed E-state index contributed by atoms with van der Waals surface area (Å²) in [4.78, 5) is 26.3. The number of benzene rings is 2. The number of ether oxygens (including phenoxy) is 1. The van der Waals surface area contributed by atoms with Gasteiger partial charge in [-0.2, -0.15) is 0 Å². The second-order valence-electron chi connectivity index (χ2n) is 6.90. The lowest BCUT2D eigenvalue weighted by atomic mass is 10.1. The van der Waals surface area contributed by atoms with Crippen molar-refractivity contribution >= 4 is 22.6 Å². The number of pyridine rings is 1. The monoisotopic (exact) mass is 415 g/mol. The molecule has 2 N–H and O–H groups in total.